The summed E-state index contributed by atoms with van der Waals surface area (Å²) >= 11 is 3.17. The maximum Gasteiger partial charge on any atom is 0.265 e. The van der Waals surface area contributed by atoms with Gasteiger partial charge in [0, 0.05) is 12.6 Å². The van der Waals surface area contributed by atoms with Crippen LogP contribution in [0.5, 0.6) is 0 Å². The Bertz CT molecular complexity index is 703. The summed E-state index contributed by atoms with van der Waals surface area (Å²) in [6.45, 7) is 10.9. The summed E-state index contributed by atoms with van der Waals surface area (Å²) in [7, 11) is 0. The summed E-state index contributed by atoms with van der Waals surface area (Å²) in [5.74, 6) is 0.693. The van der Waals surface area contributed by atoms with Gasteiger partial charge in [-0.05, 0) is 57.4 Å². The lowest BCUT2D eigenvalue weighted by molar-refractivity contribution is 0.588. The van der Waals surface area contributed by atoms with E-state index in [4.69, 9.17) is 0 Å². The topological polar surface area (TPSA) is 45.8 Å². The van der Waals surface area contributed by atoms with Gasteiger partial charge in [0.05, 0.1) is 0 Å². The molecule has 0 aliphatic heterocycles. The minimum atomic E-state index is -0.137. The van der Waals surface area contributed by atoms with Crippen molar-refractivity contribution in [3.05, 3.63) is 61.2 Å². The molecule has 1 aromatic carbocycles. The maximum atomic E-state index is 11.6. The second-order valence-electron chi connectivity index (χ2n) is 6.52. The predicted molar refractivity (Wildman–Crippen MR) is 90.0 cm³/mol. The molecule has 2 rings (SSSR count). The van der Waals surface area contributed by atoms with Gasteiger partial charge >= 0.3 is 0 Å². The Kier molecular flexibility index (Phi) is 4.38. The maximum absolute atomic E-state index is 11.6. The number of benzene rings is 1. The fourth-order valence-corrected chi connectivity index (χ4v) is 2.58. The Balaban J connectivity index is 2.41. The largest absolute Gasteiger partial charge is 0.309 e. The molecule has 2 aromatic rings. The van der Waals surface area contributed by atoms with Gasteiger partial charge in [0.1, 0.15) is 10.3 Å². The van der Waals surface area contributed by atoms with E-state index in [1.54, 1.807) is 6.20 Å². The van der Waals surface area contributed by atoms with E-state index >= 15 is 0 Å². The fraction of sp³-hybridized carbons (Fsp3) is 0.412. The first-order chi connectivity index (χ1) is 9.68. The average molecular weight is 349 g/mol. The standard InChI is InChI=1S/C17H21BrN2O/c1-10-6-12(17(3,4)5)7-11(2)13(10)8-15-19-9-14(18)16(21)20-15/h6-7,9H,8H2,1-5H3,(H,19,20,21). The Morgan fingerprint density at radius 2 is 1.76 bits per heavy atom. The number of nitrogens with one attached hydrogen (secondary N) is 1. The van der Waals surface area contributed by atoms with E-state index < -0.39 is 0 Å². The summed E-state index contributed by atoms with van der Waals surface area (Å²) in [5, 5.41) is 0. The molecule has 0 atom stereocenters. The Labute approximate surface area is 134 Å². The molecule has 0 amide bonds. The number of hydrogen-bond acceptors (Lipinski definition) is 2. The normalized spacial score (nSPS) is 11.7. The van der Waals surface area contributed by atoms with Crippen molar-refractivity contribution in [3.8, 4) is 0 Å². The van der Waals surface area contributed by atoms with Crippen LogP contribution in [-0.4, -0.2) is 9.97 Å². The molecule has 0 aliphatic carbocycles. The van der Waals surface area contributed by atoms with Crippen molar-refractivity contribution in [2.45, 2.75) is 46.5 Å². The van der Waals surface area contributed by atoms with Crippen LogP contribution in [-0.2, 0) is 11.8 Å². The van der Waals surface area contributed by atoms with E-state index in [0.717, 1.165) is 0 Å². The molecule has 0 bridgehead atoms. The van der Waals surface area contributed by atoms with Gasteiger partial charge < -0.3 is 4.98 Å². The van der Waals surface area contributed by atoms with E-state index in [1.165, 1.54) is 22.3 Å². The van der Waals surface area contributed by atoms with Gasteiger partial charge in [-0.25, -0.2) is 4.98 Å². The number of halogens is 1. The Morgan fingerprint density at radius 3 is 2.24 bits per heavy atom. The molecule has 112 valence electrons. The van der Waals surface area contributed by atoms with Crippen molar-refractivity contribution in [2.24, 2.45) is 0 Å². The highest BCUT2D eigenvalue weighted by Crippen LogP contribution is 2.27. The van der Waals surface area contributed by atoms with Crippen LogP contribution < -0.4 is 5.56 Å². The molecule has 0 saturated heterocycles. The van der Waals surface area contributed by atoms with Gasteiger partial charge in [0.25, 0.3) is 5.56 Å². The molecule has 0 radical (unpaired) electrons. The van der Waals surface area contributed by atoms with Crippen molar-refractivity contribution >= 4 is 15.9 Å². The third kappa shape index (κ3) is 3.62. The van der Waals surface area contributed by atoms with Crippen LogP contribution >= 0.6 is 15.9 Å². The molecule has 1 aromatic heterocycles. The van der Waals surface area contributed by atoms with Crippen LogP contribution in [0.25, 0.3) is 0 Å². The van der Waals surface area contributed by atoms with Gasteiger partial charge in [-0.2, -0.15) is 0 Å². The highest BCUT2D eigenvalue weighted by molar-refractivity contribution is 9.10. The zero-order valence-corrected chi connectivity index (χ0v) is 14.8. The third-order valence-electron chi connectivity index (χ3n) is 3.71. The summed E-state index contributed by atoms with van der Waals surface area (Å²) in [6.07, 6.45) is 2.20. The van der Waals surface area contributed by atoms with Crippen LogP contribution in [0.4, 0.5) is 0 Å². The van der Waals surface area contributed by atoms with Gasteiger partial charge in [-0.15, -0.1) is 0 Å². The minimum Gasteiger partial charge on any atom is -0.309 e. The lowest BCUT2D eigenvalue weighted by atomic mass is 9.83. The van der Waals surface area contributed by atoms with Crippen molar-refractivity contribution < 1.29 is 0 Å². The van der Waals surface area contributed by atoms with E-state index in [2.05, 4.69) is 72.6 Å². The van der Waals surface area contributed by atoms with Crippen molar-refractivity contribution in [2.75, 3.05) is 0 Å². The zero-order chi connectivity index (χ0) is 15.8. The number of aromatic nitrogens is 2. The van der Waals surface area contributed by atoms with E-state index in [-0.39, 0.29) is 11.0 Å². The summed E-state index contributed by atoms with van der Waals surface area (Å²) in [6, 6.07) is 4.47. The SMILES string of the molecule is Cc1cc(C(C)(C)C)cc(C)c1Cc1ncc(Br)c(=O)[nH]1. The number of nitrogens with zero attached hydrogens (tertiary/aromatic N) is 1. The highest BCUT2D eigenvalue weighted by atomic mass is 79.9. The number of rotatable bonds is 2. The van der Waals surface area contributed by atoms with Crippen LogP contribution in [0.3, 0.4) is 0 Å². The molecule has 0 aliphatic rings. The number of aromatic amines is 1. The highest BCUT2D eigenvalue weighted by Gasteiger charge is 2.16. The summed E-state index contributed by atoms with van der Waals surface area (Å²) < 4.78 is 0.461. The van der Waals surface area contributed by atoms with E-state index in [9.17, 15) is 4.79 Å². The van der Waals surface area contributed by atoms with Gasteiger partial charge in [-0.3, -0.25) is 4.79 Å². The van der Waals surface area contributed by atoms with E-state index in [0.29, 0.717) is 16.7 Å². The second kappa shape index (κ2) is 5.76. The molecule has 0 saturated carbocycles. The first-order valence-electron chi connectivity index (χ1n) is 7.03. The molecule has 3 nitrogen and oxygen atoms in total. The second-order valence-corrected chi connectivity index (χ2v) is 7.38. The Hall–Kier alpha value is -1.42. The zero-order valence-electron chi connectivity index (χ0n) is 13.2. The molecule has 4 heteroatoms. The monoisotopic (exact) mass is 348 g/mol. The van der Waals surface area contributed by atoms with Crippen LogP contribution in [0, 0.1) is 13.8 Å². The first kappa shape index (κ1) is 16.0. The minimum absolute atomic E-state index is 0.137. The molecule has 0 unspecified atom stereocenters. The smallest absolute Gasteiger partial charge is 0.265 e. The molecular formula is C17H21BrN2O. The summed E-state index contributed by atoms with van der Waals surface area (Å²) in [5.41, 5.74) is 5.04. The lowest BCUT2D eigenvalue weighted by Gasteiger charge is -2.22. The molecule has 1 N–H and O–H groups in total. The van der Waals surface area contributed by atoms with E-state index in [1.807, 2.05) is 0 Å². The molecule has 1 heterocycles. The molecule has 21 heavy (non-hydrogen) atoms. The van der Waals surface area contributed by atoms with Crippen LogP contribution in [0.2, 0.25) is 0 Å². The fourth-order valence-electron chi connectivity index (χ4n) is 2.38. The lowest BCUT2D eigenvalue weighted by Crippen LogP contribution is -2.14. The third-order valence-corrected chi connectivity index (χ3v) is 4.28. The summed E-state index contributed by atoms with van der Waals surface area (Å²) in [4.78, 5) is 18.7. The number of aryl methyl sites for hydroxylation is 2. The average Bonchev–Trinajstić information content (AvgIpc) is 2.36. The predicted octanol–water partition coefficient (Wildman–Crippen LogP) is 4.04. The van der Waals surface area contributed by atoms with Gasteiger partial charge in [0.2, 0.25) is 0 Å². The Morgan fingerprint density at radius 1 is 1.19 bits per heavy atom. The van der Waals surface area contributed by atoms with Crippen molar-refractivity contribution in [3.63, 3.8) is 0 Å². The van der Waals surface area contributed by atoms with Crippen LogP contribution in [0.1, 0.15) is 48.8 Å². The van der Waals surface area contributed by atoms with Gasteiger partial charge in [0.15, 0.2) is 0 Å². The van der Waals surface area contributed by atoms with Gasteiger partial charge in [-0.1, -0.05) is 32.9 Å². The van der Waals surface area contributed by atoms with Crippen molar-refractivity contribution in [1.29, 1.82) is 0 Å². The molecule has 0 spiro atoms. The van der Waals surface area contributed by atoms with Crippen molar-refractivity contribution in [1.82, 2.24) is 9.97 Å². The number of hydrogen-bond donors (Lipinski definition) is 1. The quantitative estimate of drug-likeness (QED) is 0.890. The number of H-pyrrole nitrogens is 1. The van der Waals surface area contributed by atoms with Crippen LogP contribution in [0.15, 0.2) is 27.6 Å². The first-order valence-corrected chi connectivity index (χ1v) is 7.82. The molecule has 0 fully saturated rings. The molecular weight excluding hydrogens is 328 g/mol.